The lowest BCUT2D eigenvalue weighted by molar-refractivity contribution is -0.120. The average molecular weight is 398 g/mol. The first kappa shape index (κ1) is 21.6. The van der Waals surface area contributed by atoms with Crippen molar-refractivity contribution in [2.24, 2.45) is 0 Å². The fraction of sp³-hybridized carbons (Fsp3) is 0.238. The number of anilines is 2. The van der Waals surface area contributed by atoms with Crippen molar-refractivity contribution in [1.82, 2.24) is 0 Å². The molecule has 0 aromatic heterocycles. The van der Waals surface area contributed by atoms with Gasteiger partial charge in [-0.15, -0.1) is 0 Å². The molecule has 0 saturated carbocycles. The van der Waals surface area contributed by atoms with E-state index in [2.05, 4.69) is 10.1 Å². The van der Waals surface area contributed by atoms with Gasteiger partial charge >= 0.3 is 11.9 Å². The summed E-state index contributed by atoms with van der Waals surface area (Å²) in [5.74, 6) is -1.90. The molecule has 0 radical (unpaired) electrons. The predicted molar refractivity (Wildman–Crippen MR) is 107 cm³/mol. The summed E-state index contributed by atoms with van der Waals surface area (Å²) in [6.45, 7) is 2.95. The molecule has 0 saturated heterocycles. The Hall–Kier alpha value is -3.68. The highest BCUT2D eigenvalue weighted by molar-refractivity contribution is 6.05. The molecule has 8 nitrogen and oxygen atoms in total. The normalized spacial score (nSPS) is 10.0. The summed E-state index contributed by atoms with van der Waals surface area (Å²) in [5, 5.41) is 2.64. The van der Waals surface area contributed by atoms with Crippen LogP contribution in [0.2, 0.25) is 0 Å². The Morgan fingerprint density at radius 1 is 0.966 bits per heavy atom. The molecule has 0 aliphatic rings. The first-order valence-electron chi connectivity index (χ1n) is 8.89. The Kier molecular flexibility index (Phi) is 7.47. The molecule has 0 aliphatic carbocycles. The third-order valence-corrected chi connectivity index (χ3v) is 3.98. The molecule has 2 rings (SSSR count). The summed E-state index contributed by atoms with van der Waals surface area (Å²) in [4.78, 5) is 49.4. The Balaban J connectivity index is 2.16. The maximum Gasteiger partial charge on any atom is 0.340 e. The first-order chi connectivity index (χ1) is 13.9. The van der Waals surface area contributed by atoms with E-state index in [1.54, 1.807) is 43.3 Å². The van der Waals surface area contributed by atoms with Crippen molar-refractivity contribution in [2.75, 3.05) is 30.5 Å². The van der Waals surface area contributed by atoms with Crippen molar-refractivity contribution in [1.29, 1.82) is 0 Å². The molecule has 0 heterocycles. The second-order valence-electron chi connectivity index (χ2n) is 5.96. The summed E-state index contributed by atoms with van der Waals surface area (Å²) in [7, 11) is 1.27. The van der Waals surface area contributed by atoms with Gasteiger partial charge in [0.25, 0.3) is 0 Å². The van der Waals surface area contributed by atoms with Crippen molar-refractivity contribution in [3.8, 4) is 0 Å². The van der Waals surface area contributed by atoms with Crippen LogP contribution in [0.4, 0.5) is 11.4 Å². The van der Waals surface area contributed by atoms with Crippen LogP contribution in [0.15, 0.2) is 48.5 Å². The fourth-order valence-corrected chi connectivity index (χ4v) is 2.59. The third kappa shape index (κ3) is 5.65. The zero-order valence-electron chi connectivity index (χ0n) is 16.4. The number of carbonyl (C=O) groups excluding carboxylic acids is 4. The maximum atomic E-state index is 12.5. The maximum absolute atomic E-state index is 12.5. The van der Waals surface area contributed by atoms with Crippen molar-refractivity contribution in [3.05, 3.63) is 59.7 Å². The lowest BCUT2D eigenvalue weighted by atomic mass is 10.1. The number of nitrogens with zero attached hydrogens (tertiary/aromatic N) is 1. The van der Waals surface area contributed by atoms with Crippen LogP contribution in [0.25, 0.3) is 0 Å². The molecule has 152 valence electrons. The van der Waals surface area contributed by atoms with Crippen LogP contribution < -0.4 is 10.2 Å². The smallest absolute Gasteiger partial charge is 0.340 e. The van der Waals surface area contributed by atoms with Crippen LogP contribution in [0.1, 0.15) is 34.6 Å². The Labute approximate surface area is 168 Å². The number of benzene rings is 2. The zero-order chi connectivity index (χ0) is 21.4. The van der Waals surface area contributed by atoms with E-state index in [1.165, 1.54) is 31.1 Å². The number of carbonyl (C=O) groups is 4. The number of methoxy groups -OCH3 is 1. The molecular formula is C21H22N2O6. The molecule has 0 bridgehead atoms. The summed E-state index contributed by atoms with van der Waals surface area (Å²) in [5.41, 5.74) is 1.28. The lowest BCUT2D eigenvalue weighted by Gasteiger charge is -2.21. The molecule has 0 atom stereocenters. The second kappa shape index (κ2) is 10.0. The first-order valence-corrected chi connectivity index (χ1v) is 8.89. The summed E-state index contributed by atoms with van der Waals surface area (Å²) < 4.78 is 9.63. The third-order valence-electron chi connectivity index (χ3n) is 3.98. The van der Waals surface area contributed by atoms with Gasteiger partial charge in [-0.05, 0) is 43.3 Å². The highest BCUT2D eigenvalue weighted by Gasteiger charge is 2.19. The molecule has 0 aliphatic heterocycles. The molecule has 8 heteroatoms. The highest BCUT2D eigenvalue weighted by atomic mass is 16.5. The van der Waals surface area contributed by atoms with E-state index >= 15 is 0 Å². The molecule has 0 unspecified atom stereocenters. The van der Waals surface area contributed by atoms with Crippen molar-refractivity contribution < 1.29 is 28.7 Å². The summed E-state index contributed by atoms with van der Waals surface area (Å²) >= 11 is 0. The number of amides is 2. The van der Waals surface area contributed by atoms with Crippen LogP contribution in [-0.2, 0) is 19.1 Å². The van der Waals surface area contributed by atoms with E-state index in [9.17, 15) is 19.2 Å². The van der Waals surface area contributed by atoms with Gasteiger partial charge in [-0.1, -0.05) is 12.1 Å². The Bertz CT molecular complexity index is 908. The van der Waals surface area contributed by atoms with Gasteiger partial charge in [-0.3, -0.25) is 9.59 Å². The van der Waals surface area contributed by atoms with Gasteiger partial charge in [0.15, 0.2) is 0 Å². The fourth-order valence-electron chi connectivity index (χ4n) is 2.59. The molecule has 0 spiro atoms. The number of para-hydroxylation sites is 1. The molecule has 1 N–H and O–H groups in total. The van der Waals surface area contributed by atoms with Crippen LogP contribution in [0, 0.1) is 0 Å². The van der Waals surface area contributed by atoms with Gasteiger partial charge in [0, 0.05) is 12.6 Å². The molecular weight excluding hydrogens is 376 g/mol. The number of hydrogen-bond donors (Lipinski definition) is 1. The van der Waals surface area contributed by atoms with Gasteiger partial charge in [-0.25, -0.2) is 9.59 Å². The highest BCUT2D eigenvalue weighted by Crippen LogP contribution is 2.19. The largest absolute Gasteiger partial charge is 0.465 e. The Morgan fingerprint density at radius 2 is 1.62 bits per heavy atom. The minimum Gasteiger partial charge on any atom is -0.465 e. The number of rotatable bonds is 7. The topological polar surface area (TPSA) is 102 Å². The van der Waals surface area contributed by atoms with Crippen LogP contribution in [0.5, 0.6) is 0 Å². The quantitative estimate of drug-likeness (QED) is 0.720. The summed E-state index contributed by atoms with van der Waals surface area (Å²) in [6, 6.07) is 12.6. The van der Waals surface area contributed by atoms with Gasteiger partial charge in [0.1, 0.15) is 6.54 Å². The monoisotopic (exact) mass is 398 g/mol. The molecule has 2 amide bonds. The number of nitrogens with one attached hydrogen (secondary N) is 1. The van der Waals surface area contributed by atoms with E-state index in [-0.39, 0.29) is 24.6 Å². The van der Waals surface area contributed by atoms with Gasteiger partial charge < -0.3 is 19.7 Å². The standard InChI is InChI=1S/C21H22N2O6/c1-4-29-21(27)17-7-5-6-8-18(17)22-19(25)13-23(14(2)24)16-11-9-15(10-12-16)20(26)28-3/h5-12H,4,13H2,1-3H3,(H,22,25). The minimum atomic E-state index is -0.551. The number of ether oxygens (including phenoxy) is 2. The molecule has 2 aromatic carbocycles. The molecule has 29 heavy (non-hydrogen) atoms. The zero-order valence-corrected chi connectivity index (χ0v) is 16.4. The Morgan fingerprint density at radius 3 is 2.21 bits per heavy atom. The van der Waals surface area contributed by atoms with Crippen LogP contribution >= 0.6 is 0 Å². The van der Waals surface area contributed by atoms with E-state index in [0.717, 1.165) is 0 Å². The van der Waals surface area contributed by atoms with E-state index in [4.69, 9.17) is 4.74 Å². The second-order valence-corrected chi connectivity index (χ2v) is 5.96. The van der Waals surface area contributed by atoms with Gasteiger partial charge in [0.2, 0.25) is 11.8 Å². The van der Waals surface area contributed by atoms with E-state index < -0.39 is 17.8 Å². The molecule has 2 aromatic rings. The SMILES string of the molecule is CCOC(=O)c1ccccc1NC(=O)CN(C(C)=O)c1ccc(C(=O)OC)cc1. The van der Waals surface area contributed by atoms with Gasteiger partial charge in [0.05, 0.1) is 30.5 Å². The lowest BCUT2D eigenvalue weighted by Crippen LogP contribution is -2.37. The molecule has 0 fully saturated rings. The van der Waals surface area contributed by atoms with Crippen molar-refractivity contribution >= 4 is 35.1 Å². The van der Waals surface area contributed by atoms with E-state index in [0.29, 0.717) is 16.9 Å². The summed E-state index contributed by atoms with van der Waals surface area (Å²) in [6.07, 6.45) is 0. The van der Waals surface area contributed by atoms with Gasteiger partial charge in [-0.2, -0.15) is 0 Å². The predicted octanol–water partition coefficient (Wildman–Crippen LogP) is 2.64. The van der Waals surface area contributed by atoms with E-state index in [1.807, 2.05) is 0 Å². The van der Waals surface area contributed by atoms with Crippen molar-refractivity contribution in [2.45, 2.75) is 13.8 Å². The minimum absolute atomic E-state index is 0.209. The number of hydrogen-bond acceptors (Lipinski definition) is 6. The number of esters is 2. The van der Waals surface area contributed by atoms with Crippen LogP contribution in [0.3, 0.4) is 0 Å². The van der Waals surface area contributed by atoms with Crippen LogP contribution in [-0.4, -0.2) is 44.0 Å². The average Bonchev–Trinajstić information content (AvgIpc) is 2.72. The van der Waals surface area contributed by atoms with Crippen molar-refractivity contribution in [3.63, 3.8) is 0 Å².